The van der Waals surface area contributed by atoms with Gasteiger partial charge in [0.05, 0.1) is 10.6 Å². The lowest BCUT2D eigenvalue weighted by Gasteiger charge is -2.15. The average Bonchev–Trinajstić information content (AvgIpc) is 2.14. The number of aryl methyl sites for hydroxylation is 2. The molecule has 1 aromatic rings. The minimum absolute atomic E-state index is 0.0539. The maximum atomic E-state index is 12.3. The quantitative estimate of drug-likeness (QED) is 0.787. The number of benzene rings is 1. The molecule has 0 heterocycles. The van der Waals surface area contributed by atoms with Crippen LogP contribution in [0.2, 0.25) is 0 Å². The summed E-state index contributed by atoms with van der Waals surface area (Å²) in [5, 5.41) is 0. The third-order valence-corrected chi connectivity index (χ3v) is 5.56. The number of rotatable bonds is 3. The summed E-state index contributed by atoms with van der Waals surface area (Å²) >= 11 is 2.37. The van der Waals surface area contributed by atoms with Crippen molar-refractivity contribution in [3.63, 3.8) is 0 Å². The van der Waals surface area contributed by atoms with Crippen LogP contribution in [-0.4, -0.2) is 25.2 Å². The number of alkyl halides is 4. The van der Waals surface area contributed by atoms with Crippen LogP contribution in [0.15, 0.2) is 23.1 Å². The van der Waals surface area contributed by atoms with E-state index < -0.39 is 26.6 Å². The molecule has 0 aliphatic heterocycles. The summed E-state index contributed by atoms with van der Waals surface area (Å²) in [5.74, 6) is -1.000. The van der Waals surface area contributed by atoms with Gasteiger partial charge >= 0.3 is 6.18 Å². The predicted molar refractivity (Wildman–Crippen MR) is 66.7 cm³/mol. The normalized spacial score (nSPS) is 14.6. The molecule has 0 saturated heterocycles. The molecule has 0 saturated carbocycles. The Kier molecular flexibility index (Phi) is 4.48. The smallest absolute Gasteiger partial charge is 0.224 e. The fraction of sp³-hybridized carbons (Fsp3) is 0.455. The monoisotopic (exact) mass is 344 g/mol. The highest BCUT2D eigenvalue weighted by atomic mass is 79.9. The highest BCUT2D eigenvalue weighted by Crippen LogP contribution is 2.30. The van der Waals surface area contributed by atoms with Crippen molar-refractivity contribution in [2.45, 2.75) is 29.7 Å². The lowest BCUT2D eigenvalue weighted by Crippen LogP contribution is -2.30. The van der Waals surface area contributed by atoms with Crippen LogP contribution in [0.4, 0.5) is 13.2 Å². The molecule has 1 rings (SSSR count). The van der Waals surface area contributed by atoms with Crippen molar-refractivity contribution in [2.24, 2.45) is 0 Å². The van der Waals surface area contributed by atoms with Gasteiger partial charge in [-0.15, -0.1) is 0 Å². The molecule has 0 radical (unpaired) electrons. The Labute approximate surface area is 112 Å². The predicted octanol–water partition coefficient (Wildman–Crippen LogP) is 3.40. The van der Waals surface area contributed by atoms with Crippen LogP contribution in [0.5, 0.6) is 0 Å². The summed E-state index contributed by atoms with van der Waals surface area (Å²) < 4.78 is 60.8. The molecule has 102 valence electrons. The van der Waals surface area contributed by atoms with Gasteiger partial charge in [0.15, 0.2) is 9.84 Å². The van der Waals surface area contributed by atoms with Crippen LogP contribution in [0, 0.1) is 13.8 Å². The van der Waals surface area contributed by atoms with Gasteiger partial charge in [-0.05, 0) is 25.5 Å². The fourth-order valence-electron chi connectivity index (χ4n) is 1.53. The van der Waals surface area contributed by atoms with Crippen molar-refractivity contribution in [2.75, 3.05) is 5.75 Å². The number of halogens is 4. The second kappa shape index (κ2) is 5.21. The molecule has 0 bridgehead atoms. The van der Waals surface area contributed by atoms with Gasteiger partial charge in [0.1, 0.15) is 4.83 Å². The molecule has 0 amide bonds. The molecule has 1 aromatic carbocycles. The van der Waals surface area contributed by atoms with E-state index in [4.69, 9.17) is 0 Å². The van der Waals surface area contributed by atoms with Gasteiger partial charge in [-0.25, -0.2) is 8.42 Å². The van der Waals surface area contributed by atoms with E-state index in [1.807, 2.05) is 0 Å². The Bertz CT molecular complexity index is 538. The molecule has 0 aliphatic rings. The number of sulfone groups is 1. The SMILES string of the molecule is Cc1ccc(S(=O)(=O)CC(Br)C(F)(F)F)c(C)c1. The summed E-state index contributed by atoms with van der Waals surface area (Å²) in [4.78, 5) is -2.11. The Morgan fingerprint density at radius 1 is 1.28 bits per heavy atom. The zero-order valence-corrected chi connectivity index (χ0v) is 12.2. The highest BCUT2D eigenvalue weighted by molar-refractivity contribution is 9.09. The van der Waals surface area contributed by atoms with Gasteiger partial charge in [0.25, 0.3) is 0 Å². The molecule has 0 fully saturated rings. The van der Waals surface area contributed by atoms with Crippen LogP contribution in [0.3, 0.4) is 0 Å². The maximum Gasteiger partial charge on any atom is 0.402 e. The van der Waals surface area contributed by atoms with Crippen molar-refractivity contribution >= 4 is 25.8 Å². The Hall–Kier alpha value is -0.560. The van der Waals surface area contributed by atoms with Gasteiger partial charge in [-0.1, -0.05) is 33.6 Å². The topological polar surface area (TPSA) is 34.1 Å². The second-order valence-electron chi connectivity index (χ2n) is 4.06. The van der Waals surface area contributed by atoms with E-state index in [1.165, 1.54) is 6.07 Å². The maximum absolute atomic E-state index is 12.3. The van der Waals surface area contributed by atoms with Gasteiger partial charge in [0.2, 0.25) is 0 Å². The van der Waals surface area contributed by atoms with E-state index in [1.54, 1.807) is 26.0 Å². The van der Waals surface area contributed by atoms with Gasteiger partial charge in [0, 0.05) is 0 Å². The fourth-order valence-corrected chi connectivity index (χ4v) is 4.15. The Morgan fingerprint density at radius 3 is 2.28 bits per heavy atom. The first-order valence-corrected chi connectivity index (χ1v) is 7.61. The minimum Gasteiger partial charge on any atom is -0.224 e. The van der Waals surface area contributed by atoms with Crippen LogP contribution in [0.1, 0.15) is 11.1 Å². The molecule has 0 aliphatic carbocycles. The van der Waals surface area contributed by atoms with E-state index in [2.05, 4.69) is 15.9 Å². The summed E-state index contributed by atoms with van der Waals surface area (Å²) in [7, 11) is -3.96. The Balaban J connectivity index is 3.08. The van der Waals surface area contributed by atoms with Crippen LogP contribution in [0.25, 0.3) is 0 Å². The molecule has 0 spiro atoms. The van der Waals surface area contributed by atoms with Crippen molar-refractivity contribution in [3.8, 4) is 0 Å². The van der Waals surface area contributed by atoms with Crippen LogP contribution in [-0.2, 0) is 9.84 Å². The molecule has 7 heteroatoms. The minimum atomic E-state index is -4.58. The second-order valence-corrected chi connectivity index (χ2v) is 7.17. The number of hydrogen-bond acceptors (Lipinski definition) is 2. The molecule has 18 heavy (non-hydrogen) atoms. The lowest BCUT2D eigenvalue weighted by molar-refractivity contribution is -0.123. The van der Waals surface area contributed by atoms with E-state index in [0.29, 0.717) is 5.56 Å². The van der Waals surface area contributed by atoms with E-state index in [9.17, 15) is 21.6 Å². The van der Waals surface area contributed by atoms with Crippen molar-refractivity contribution < 1.29 is 21.6 Å². The lowest BCUT2D eigenvalue weighted by atomic mass is 10.2. The summed E-state index contributed by atoms with van der Waals surface area (Å²) in [6, 6.07) is 4.54. The van der Waals surface area contributed by atoms with E-state index >= 15 is 0 Å². The molecule has 1 atom stereocenters. The van der Waals surface area contributed by atoms with Crippen LogP contribution < -0.4 is 0 Å². The largest absolute Gasteiger partial charge is 0.402 e. The summed E-state index contributed by atoms with van der Waals surface area (Å²) in [5.41, 5.74) is 1.31. The molecule has 1 unspecified atom stereocenters. The molecular weight excluding hydrogens is 333 g/mol. The first-order valence-electron chi connectivity index (χ1n) is 5.05. The first kappa shape index (κ1) is 15.5. The number of hydrogen-bond donors (Lipinski definition) is 0. The van der Waals surface area contributed by atoms with Gasteiger partial charge in [-0.3, -0.25) is 0 Å². The van der Waals surface area contributed by atoms with E-state index in [0.717, 1.165) is 5.56 Å². The zero-order chi connectivity index (χ0) is 14.1. The molecule has 0 N–H and O–H groups in total. The molecule has 0 aromatic heterocycles. The van der Waals surface area contributed by atoms with Crippen molar-refractivity contribution in [3.05, 3.63) is 29.3 Å². The van der Waals surface area contributed by atoms with Gasteiger partial charge in [-0.2, -0.15) is 13.2 Å². The average molecular weight is 345 g/mol. The molecular formula is C11H12BrF3O2S. The Morgan fingerprint density at radius 2 is 1.83 bits per heavy atom. The summed E-state index contributed by atoms with van der Waals surface area (Å²) in [6.45, 7) is 3.35. The van der Waals surface area contributed by atoms with Crippen molar-refractivity contribution in [1.82, 2.24) is 0 Å². The third-order valence-electron chi connectivity index (χ3n) is 2.39. The van der Waals surface area contributed by atoms with Crippen molar-refractivity contribution in [1.29, 1.82) is 0 Å². The zero-order valence-electron chi connectivity index (χ0n) is 9.75. The van der Waals surface area contributed by atoms with Crippen LogP contribution >= 0.6 is 15.9 Å². The first-order chi connectivity index (χ1) is 8.04. The third kappa shape index (κ3) is 3.71. The van der Waals surface area contributed by atoms with E-state index in [-0.39, 0.29) is 4.90 Å². The van der Waals surface area contributed by atoms with Gasteiger partial charge < -0.3 is 0 Å². The summed E-state index contributed by atoms with van der Waals surface area (Å²) in [6.07, 6.45) is -4.58. The molecule has 2 nitrogen and oxygen atoms in total. The highest BCUT2D eigenvalue weighted by Gasteiger charge is 2.41. The standard InChI is InChI=1S/C11H12BrF3O2S/c1-7-3-4-9(8(2)5-7)18(16,17)6-10(12)11(13,14)15/h3-5,10H,6H2,1-2H3.